The molecular weight excluding hydrogens is 500 g/mol. The number of fused-ring (bicyclic) bond motifs is 1. The number of carbonyl (C=O) groups excluding carboxylic acids is 1. The number of benzene rings is 5. The first-order chi connectivity index (χ1) is 18.0. The van der Waals surface area contributed by atoms with E-state index in [2.05, 4.69) is 22.2 Å². The average molecular weight is 525 g/mol. The molecule has 37 heavy (non-hydrogen) atoms. The number of hydrogen-bond donors (Lipinski definition) is 2. The maximum absolute atomic E-state index is 13.0. The highest BCUT2D eigenvalue weighted by Crippen LogP contribution is 2.28. The summed E-state index contributed by atoms with van der Waals surface area (Å²) in [5.41, 5.74) is 2.77. The van der Waals surface area contributed by atoms with Crippen molar-refractivity contribution in [2.45, 2.75) is 15.5 Å². The maximum Gasteiger partial charge on any atom is 0.261 e. The van der Waals surface area contributed by atoms with Crippen LogP contribution in [-0.2, 0) is 15.8 Å². The SMILES string of the molecule is O=C(Nc1ccc(S(=O)(=O)Nc2cccc3ccccc23)cc1)c1ccccc1SCc1ccccc1. The third-order valence-corrected chi connectivity index (χ3v) is 8.35. The topological polar surface area (TPSA) is 75.3 Å². The number of rotatable bonds is 8. The van der Waals surface area contributed by atoms with Crippen molar-refractivity contribution in [3.8, 4) is 0 Å². The van der Waals surface area contributed by atoms with Crippen molar-refractivity contribution < 1.29 is 13.2 Å². The van der Waals surface area contributed by atoms with Gasteiger partial charge < -0.3 is 5.32 Å². The van der Waals surface area contributed by atoms with E-state index in [1.165, 1.54) is 17.7 Å². The molecule has 0 atom stereocenters. The second-order valence-corrected chi connectivity index (χ2v) is 11.1. The molecule has 5 rings (SSSR count). The van der Waals surface area contributed by atoms with E-state index in [-0.39, 0.29) is 10.8 Å². The molecule has 0 unspecified atom stereocenters. The van der Waals surface area contributed by atoms with Crippen LogP contribution in [0.4, 0.5) is 11.4 Å². The fraction of sp³-hybridized carbons (Fsp3) is 0.0333. The van der Waals surface area contributed by atoms with Crippen LogP contribution in [0.15, 0.2) is 131 Å². The average Bonchev–Trinajstić information content (AvgIpc) is 2.93. The highest BCUT2D eigenvalue weighted by Gasteiger charge is 2.17. The van der Waals surface area contributed by atoms with Crippen LogP contribution in [0.5, 0.6) is 0 Å². The van der Waals surface area contributed by atoms with Gasteiger partial charge in [0.05, 0.1) is 16.1 Å². The van der Waals surface area contributed by atoms with Crippen LogP contribution < -0.4 is 10.0 Å². The van der Waals surface area contributed by atoms with Gasteiger partial charge in [0.25, 0.3) is 15.9 Å². The molecule has 184 valence electrons. The van der Waals surface area contributed by atoms with Crippen LogP contribution in [0.1, 0.15) is 15.9 Å². The Hall–Kier alpha value is -4.07. The van der Waals surface area contributed by atoms with E-state index >= 15 is 0 Å². The number of sulfonamides is 1. The molecule has 0 heterocycles. The van der Waals surface area contributed by atoms with Gasteiger partial charge in [0.15, 0.2) is 0 Å². The molecule has 0 saturated carbocycles. The lowest BCUT2D eigenvalue weighted by molar-refractivity contribution is 0.102. The van der Waals surface area contributed by atoms with Gasteiger partial charge in [-0.3, -0.25) is 9.52 Å². The Morgan fingerprint density at radius 3 is 2.19 bits per heavy atom. The molecule has 0 radical (unpaired) electrons. The van der Waals surface area contributed by atoms with Crippen molar-refractivity contribution in [2.75, 3.05) is 10.0 Å². The first kappa shape index (κ1) is 24.6. The molecule has 7 heteroatoms. The Morgan fingerprint density at radius 2 is 1.38 bits per heavy atom. The van der Waals surface area contributed by atoms with Gasteiger partial charge in [-0.25, -0.2) is 8.42 Å². The third-order valence-electron chi connectivity index (χ3n) is 5.83. The van der Waals surface area contributed by atoms with Crippen LogP contribution in [0.25, 0.3) is 10.8 Å². The largest absolute Gasteiger partial charge is 0.322 e. The lowest BCUT2D eigenvalue weighted by Gasteiger charge is -2.12. The fourth-order valence-electron chi connectivity index (χ4n) is 3.95. The van der Waals surface area contributed by atoms with Crippen molar-refractivity contribution in [2.24, 2.45) is 0 Å². The summed E-state index contributed by atoms with van der Waals surface area (Å²) in [7, 11) is -3.81. The van der Waals surface area contributed by atoms with E-state index in [0.29, 0.717) is 16.9 Å². The van der Waals surface area contributed by atoms with Gasteiger partial charge in [-0.2, -0.15) is 0 Å². The molecule has 0 aliphatic carbocycles. The summed E-state index contributed by atoms with van der Waals surface area (Å²) in [5, 5.41) is 4.65. The summed E-state index contributed by atoms with van der Waals surface area (Å²) < 4.78 is 28.7. The lowest BCUT2D eigenvalue weighted by Crippen LogP contribution is -2.15. The van der Waals surface area contributed by atoms with Crippen LogP contribution in [-0.4, -0.2) is 14.3 Å². The quantitative estimate of drug-likeness (QED) is 0.211. The van der Waals surface area contributed by atoms with E-state index in [4.69, 9.17) is 0 Å². The van der Waals surface area contributed by atoms with E-state index in [1.54, 1.807) is 36.0 Å². The van der Waals surface area contributed by atoms with Crippen molar-refractivity contribution in [1.29, 1.82) is 0 Å². The van der Waals surface area contributed by atoms with Gasteiger partial charge in [0, 0.05) is 21.7 Å². The summed E-state index contributed by atoms with van der Waals surface area (Å²) in [6, 6.07) is 36.8. The Morgan fingerprint density at radius 1 is 0.703 bits per heavy atom. The van der Waals surface area contributed by atoms with Gasteiger partial charge in [0.2, 0.25) is 0 Å². The van der Waals surface area contributed by atoms with Crippen LogP contribution in [0, 0.1) is 0 Å². The molecule has 0 saturated heterocycles. The Bertz CT molecular complexity index is 1650. The minimum atomic E-state index is -3.81. The fourth-order valence-corrected chi connectivity index (χ4v) is 6.03. The molecule has 5 nitrogen and oxygen atoms in total. The van der Waals surface area contributed by atoms with Crippen molar-refractivity contribution >= 4 is 49.8 Å². The number of hydrogen-bond acceptors (Lipinski definition) is 4. The van der Waals surface area contributed by atoms with E-state index in [1.807, 2.05) is 72.8 Å². The second-order valence-electron chi connectivity index (χ2n) is 8.38. The monoisotopic (exact) mass is 524 g/mol. The predicted molar refractivity (Wildman–Crippen MR) is 152 cm³/mol. The number of thioether (sulfide) groups is 1. The smallest absolute Gasteiger partial charge is 0.261 e. The van der Waals surface area contributed by atoms with Crippen LogP contribution >= 0.6 is 11.8 Å². The molecular formula is C30H24N2O3S2. The van der Waals surface area contributed by atoms with E-state index < -0.39 is 10.0 Å². The zero-order valence-corrected chi connectivity index (χ0v) is 21.4. The molecule has 0 aliphatic heterocycles. The summed E-state index contributed by atoms with van der Waals surface area (Å²) >= 11 is 1.60. The molecule has 5 aromatic carbocycles. The number of anilines is 2. The Kier molecular flexibility index (Phi) is 7.25. The van der Waals surface area contributed by atoms with Gasteiger partial charge in [0.1, 0.15) is 0 Å². The molecule has 2 N–H and O–H groups in total. The highest BCUT2D eigenvalue weighted by atomic mass is 32.2. The maximum atomic E-state index is 13.0. The van der Waals surface area contributed by atoms with Gasteiger partial charge in [-0.15, -0.1) is 11.8 Å². The van der Waals surface area contributed by atoms with Crippen LogP contribution in [0.3, 0.4) is 0 Å². The summed E-state index contributed by atoms with van der Waals surface area (Å²) in [6.07, 6.45) is 0. The molecule has 0 spiro atoms. The molecule has 5 aromatic rings. The molecule has 1 amide bonds. The zero-order chi connectivity index (χ0) is 25.7. The summed E-state index contributed by atoms with van der Waals surface area (Å²) in [5.74, 6) is 0.502. The van der Waals surface area contributed by atoms with Gasteiger partial charge >= 0.3 is 0 Å². The van der Waals surface area contributed by atoms with E-state index in [9.17, 15) is 13.2 Å². The van der Waals surface area contributed by atoms with Crippen molar-refractivity contribution in [3.63, 3.8) is 0 Å². The van der Waals surface area contributed by atoms with Gasteiger partial charge in [-0.1, -0.05) is 78.9 Å². The van der Waals surface area contributed by atoms with Crippen LogP contribution in [0.2, 0.25) is 0 Å². The number of carbonyl (C=O) groups is 1. The predicted octanol–water partition coefficient (Wildman–Crippen LogP) is 7.19. The minimum absolute atomic E-state index is 0.109. The number of amides is 1. The molecule has 0 aliphatic rings. The number of nitrogens with one attached hydrogen (secondary N) is 2. The lowest BCUT2D eigenvalue weighted by atomic mass is 10.1. The van der Waals surface area contributed by atoms with Crippen molar-refractivity contribution in [3.05, 3.63) is 132 Å². The Labute approximate surface area is 220 Å². The van der Waals surface area contributed by atoms with Crippen molar-refractivity contribution in [1.82, 2.24) is 0 Å². The normalized spacial score (nSPS) is 11.2. The zero-order valence-electron chi connectivity index (χ0n) is 19.8. The highest BCUT2D eigenvalue weighted by molar-refractivity contribution is 7.98. The first-order valence-electron chi connectivity index (χ1n) is 11.7. The standard InChI is InChI=1S/C30H24N2O3S2/c33-30(27-14-6-7-16-29(27)36-21-22-9-2-1-3-10-22)31-24-17-19-25(20-18-24)37(34,35)32-28-15-8-12-23-11-4-5-13-26(23)28/h1-20,32H,21H2,(H,31,33). The molecule has 0 bridgehead atoms. The molecule has 0 aromatic heterocycles. The Balaban J connectivity index is 1.29. The van der Waals surface area contributed by atoms with Gasteiger partial charge in [-0.05, 0) is 53.4 Å². The minimum Gasteiger partial charge on any atom is -0.322 e. The first-order valence-corrected chi connectivity index (χ1v) is 14.1. The second kappa shape index (κ2) is 10.9. The third kappa shape index (κ3) is 5.85. The molecule has 0 fully saturated rings. The van der Waals surface area contributed by atoms with E-state index in [0.717, 1.165) is 21.4 Å². The summed E-state index contributed by atoms with van der Waals surface area (Å²) in [4.78, 5) is 14.0. The summed E-state index contributed by atoms with van der Waals surface area (Å²) in [6.45, 7) is 0.